The largest absolute Gasteiger partial charge is 0.307 e. The van der Waals surface area contributed by atoms with Gasteiger partial charge in [0.15, 0.2) is 9.84 Å². The van der Waals surface area contributed by atoms with E-state index < -0.39 is 9.84 Å². The van der Waals surface area contributed by atoms with E-state index in [9.17, 15) is 13.2 Å². The highest BCUT2D eigenvalue weighted by atomic mass is 32.2. The first-order chi connectivity index (χ1) is 11.3. The Morgan fingerprint density at radius 1 is 1.25 bits per heavy atom. The number of rotatable bonds is 3. The predicted octanol–water partition coefficient (Wildman–Crippen LogP) is 2.46. The van der Waals surface area contributed by atoms with Gasteiger partial charge in [-0.15, -0.1) is 0 Å². The Morgan fingerprint density at radius 3 is 2.67 bits per heavy atom. The standard InChI is InChI=1S/C17H21N3O3S/c1-12(2)20-16(8-9-18-20)17(21)19-10-4-5-13-11-14(24(3,22)23)6-7-15(13)19/h6-9,11-12H,4-5,10H2,1-3H3. The SMILES string of the molecule is CC(C)n1nccc1C(=O)N1CCCc2cc(S(C)(=O)=O)ccc21. The number of hydrogen-bond acceptors (Lipinski definition) is 4. The lowest BCUT2D eigenvalue weighted by atomic mass is 10.0. The maximum Gasteiger partial charge on any atom is 0.276 e. The maximum absolute atomic E-state index is 13.0. The molecule has 128 valence electrons. The van der Waals surface area contributed by atoms with Gasteiger partial charge in [-0.05, 0) is 56.5 Å². The zero-order chi connectivity index (χ0) is 17.5. The van der Waals surface area contributed by atoms with E-state index in [1.165, 1.54) is 6.26 Å². The fourth-order valence-corrected chi connectivity index (χ4v) is 3.72. The Balaban J connectivity index is 2.01. The monoisotopic (exact) mass is 347 g/mol. The lowest BCUT2D eigenvalue weighted by Crippen LogP contribution is -2.37. The highest BCUT2D eigenvalue weighted by molar-refractivity contribution is 7.90. The number of fused-ring (bicyclic) bond motifs is 1. The molecular formula is C17H21N3O3S. The normalized spacial score (nSPS) is 14.8. The first-order valence-electron chi connectivity index (χ1n) is 7.97. The van der Waals surface area contributed by atoms with Crippen molar-refractivity contribution in [2.75, 3.05) is 17.7 Å². The number of carbonyl (C=O) groups excluding carboxylic acids is 1. The number of benzene rings is 1. The Labute approximate surface area is 142 Å². The first kappa shape index (κ1) is 16.7. The van der Waals surface area contributed by atoms with Crippen LogP contribution in [0.15, 0.2) is 35.4 Å². The van der Waals surface area contributed by atoms with Crippen molar-refractivity contribution in [3.63, 3.8) is 0 Å². The van der Waals surface area contributed by atoms with Crippen molar-refractivity contribution in [3.05, 3.63) is 41.7 Å². The fourth-order valence-electron chi connectivity index (χ4n) is 3.05. The number of sulfone groups is 1. The van der Waals surface area contributed by atoms with Gasteiger partial charge in [-0.2, -0.15) is 5.10 Å². The van der Waals surface area contributed by atoms with Gasteiger partial charge >= 0.3 is 0 Å². The number of hydrogen-bond donors (Lipinski definition) is 0. The molecular weight excluding hydrogens is 326 g/mol. The van der Waals surface area contributed by atoms with Crippen LogP contribution in [0.5, 0.6) is 0 Å². The predicted molar refractivity (Wildman–Crippen MR) is 92.2 cm³/mol. The van der Waals surface area contributed by atoms with Crippen molar-refractivity contribution in [3.8, 4) is 0 Å². The van der Waals surface area contributed by atoms with E-state index in [4.69, 9.17) is 0 Å². The highest BCUT2D eigenvalue weighted by Gasteiger charge is 2.27. The van der Waals surface area contributed by atoms with Crippen LogP contribution < -0.4 is 4.90 Å². The smallest absolute Gasteiger partial charge is 0.276 e. The van der Waals surface area contributed by atoms with Crippen LogP contribution in [0, 0.1) is 0 Å². The molecule has 1 aliphatic heterocycles. The van der Waals surface area contributed by atoms with Crippen molar-refractivity contribution in [2.45, 2.75) is 37.6 Å². The van der Waals surface area contributed by atoms with Gasteiger partial charge in [0.25, 0.3) is 5.91 Å². The Kier molecular flexibility index (Phi) is 4.21. The summed E-state index contributed by atoms with van der Waals surface area (Å²) in [6, 6.07) is 6.81. The lowest BCUT2D eigenvalue weighted by Gasteiger charge is -2.30. The molecule has 0 saturated carbocycles. The number of nitrogens with zero attached hydrogens (tertiary/aromatic N) is 3. The molecule has 0 spiro atoms. The molecule has 3 rings (SSSR count). The summed E-state index contributed by atoms with van der Waals surface area (Å²) in [6.07, 6.45) is 4.40. The molecule has 1 aromatic carbocycles. The summed E-state index contributed by atoms with van der Waals surface area (Å²) < 4.78 is 25.2. The molecule has 0 atom stereocenters. The van der Waals surface area contributed by atoms with Gasteiger partial charge in [0, 0.05) is 30.7 Å². The third-order valence-electron chi connectivity index (χ3n) is 4.22. The second-order valence-electron chi connectivity index (χ2n) is 6.38. The molecule has 0 saturated heterocycles. The van der Waals surface area contributed by atoms with E-state index in [0.29, 0.717) is 17.1 Å². The summed E-state index contributed by atoms with van der Waals surface area (Å²) >= 11 is 0. The van der Waals surface area contributed by atoms with Gasteiger partial charge in [0.05, 0.1) is 4.90 Å². The topological polar surface area (TPSA) is 72.3 Å². The van der Waals surface area contributed by atoms with E-state index in [1.54, 1.807) is 40.0 Å². The zero-order valence-electron chi connectivity index (χ0n) is 14.1. The summed E-state index contributed by atoms with van der Waals surface area (Å²) in [5.41, 5.74) is 2.23. The van der Waals surface area contributed by atoms with Gasteiger partial charge in [-0.3, -0.25) is 9.48 Å². The van der Waals surface area contributed by atoms with E-state index in [-0.39, 0.29) is 11.9 Å². The van der Waals surface area contributed by atoms with Crippen molar-refractivity contribution < 1.29 is 13.2 Å². The van der Waals surface area contributed by atoms with Crippen molar-refractivity contribution in [2.24, 2.45) is 0 Å². The number of aryl methyl sites for hydroxylation is 1. The Bertz CT molecular complexity index is 884. The van der Waals surface area contributed by atoms with Crippen molar-refractivity contribution in [1.29, 1.82) is 0 Å². The van der Waals surface area contributed by atoms with Crippen LogP contribution in [0.2, 0.25) is 0 Å². The maximum atomic E-state index is 13.0. The van der Waals surface area contributed by atoms with Gasteiger partial charge in [-0.25, -0.2) is 8.42 Å². The lowest BCUT2D eigenvalue weighted by molar-refractivity contribution is 0.0973. The van der Waals surface area contributed by atoms with E-state index >= 15 is 0 Å². The minimum atomic E-state index is -3.25. The number of carbonyl (C=O) groups is 1. The number of amides is 1. The van der Waals surface area contributed by atoms with Gasteiger partial charge in [0.2, 0.25) is 0 Å². The molecule has 2 heterocycles. The van der Waals surface area contributed by atoms with Crippen LogP contribution in [0.4, 0.5) is 5.69 Å². The first-order valence-corrected chi connectivity index (χ1v) is 9.86. The minimum absolute atomic E-state index is 0.0934. The summed E-state index contributed by atoms with van der Waals surface area (Å²) in [7, 11) is -3.25. The molecule has 1 aliphatic rings. The minimum Gasteiger partial charge on any atom is -0.307 e. The number of aromatic nitrogens is 2. The molecule has 7 heteroatoms. The van der Waals surface area contributed by atoms with Crippen LogP contribution in [0.1, 0.15) is 42.4 Å². The van der Waals surface area contributed by atoms with Crippen molar-refractivity contribution >= 4 is 21.4 Å². The Hall–Kier alpha value is -2.15. The van der Waals surface area contributed by atoms with Crippen molar-refractivity contribution in [1.82, 2.24) is 9.78 Å². The summed E-state index contributed by atoms with van der Waals surface area (Å²) in [4.78, 5) is 15.0. The van der Waals surface area contributed by atoms with Crippen LogP contribution in [0.3, 0.4) is 0 Å². The summed E-state index contributed by atoms with van der Waals surface area (Å²) in [5, 5.41) is 4.22. The van der Waals surface area contributed by atoms with Gasteiger partial charge in [-0.1, -0.05) is 0 Å². The highest BCUT2D eigenvalue weighted by Crippen LogP contribution is 2.30. The zero-order valence-corrected chi connectivity index (χ0v) is 14.9. The molecule has 2 aromatic rings. The quantitative estimate of drug-likeness (QED) is 0.855. The molecule has 0 radical (unpaired) electrons. The van der Waals surface area contributed by atoms with Crippen LogP contribution >= 0.6 is 0 Å². The molecule has 0 bridgehead atoms. The fraction of sp³-hybridized carbons (Fsp3) is 0.412. The molecule has 0 unspecified atom stereocenters. The molecule has 0 fully saturated rings. The van der Waals surface area contributed by atoms with E-state index in [2.05, 4.69) is 5.10 Å². The molecule has 0 aliphatic carbocycles. The Morgan fingerprint density at radius 2 is 2.00 bits per heavy atom. The molecule has 1 aromatic heterocycles. The third-order valence-corrected chi connectivity index (χ3v) is 5.33. The average molecular weight is 347 g/mol. The molecule has 6 nitrogen and oxygen atoms in total. The number of anilines is 1. The van der Waals surface area contributed by atoms with Gasteiger partial charge in [0.1, 0.15) is 5.69 Å². The second-order valence-corrected chi connectivity index (χ2v) is 8.39. The summed E-state index contributed by atoms with van der Waals surface area (Å²) in [6.45, 7) is 4.58. The average Bonchev–Trinajstić information content (AvgIpc) is 3.02. The van der Waals surface area contributed by atoms with Crippen LogP contribution in [-0.2, 0) is 16.3 Å². The van der Waals surface area contributed by atoms with Crippen LogP contribution in [-0.4, -0.2) is 36.9 Å². The second kappa shape index (κ2) is 6.05. The van der Waals surface area contributed by atoms with Crippen LogP contribution in [0.25, 0.3) is 0 Å². The van der Waals surface area contributed by atoms with Gasteiger partial charge < -0.3 is 4.90 Å². The molecule has 0 N–H and O–H groups in total. The summed E-state index contributed by atoms with van der Waals surface area (Å²) in [5.74, 6) is -0.103. The van der Waals surface area contributed by atoms with E-state index in [1.807, 2.05) is 13.8 Å². The molecule has 24 heavy (non-hydrogen) atoms. The third kappa shape index (κ3) is 2.96. The van der Waals surface area contributed by atoms with E-state index in [0.717, 1.165) is 24.1 Å². The molecule has 1 amide bonds.